The van der Waals surface area contributed by atoms with Crippen molar-refractivity contribution in [3.63, 3.8) is 0 Å². The molecule has 1 heterocycles. The molecule has 4 rings (SSSR count). The Morgan fingerprint density at radius 2 is 1.87 bits per heavy atom. The van der Waals surface area contributed by atoms with E-state index in [4.69, 9.17) is 16.6 Å². The van der Waals surface area contributed by atoms with Crippen molar-refractivity contribution in [1.29, 1.82) is 0 Å². The van der Waals surface area contributed by atoms with Crippen LogP contribution >= 0.6 is 0 Å². The normalized spacial score (nSPS) is 13.6. The van der Waals surface area contributed by atoms with Crippen molar-refractivity contribution >= 4 is 17.7 Å². The fraction of sp³-hybridized carbons (Fsp3) is 0.261. The van der Waals surface area contributed by atoms with Crippen LogP contribution in [-0.4, -0.2) is 32.8 Å². The predicted octanol–water partition coefficient (Wildman–Crippen LogP) is 3.06. The third kappa shape index (κ3) is 5.49. The summed E-state index contributed by atoms with van der Waals surface area (Å²) < 4.78 is 1.34. The number of nitrogens with two attached hydrogens (primary N) is 2. The van der Waals surface area contributed by atoms with E-state index in [1.165, 1.54) is 16.4 Å². The van der Waals surface area contributed by atoms with E-state index >= 15 is 0 Å². The summed E-state index contributed by atoms with van der Waals surface area (Å²) in [5.41, 5.74) is 14.5. The zero-order chi connectivity index (χ0) is 22.5. The highest BCUT2D eigenvalue weighted by molar-refractivity contribution is 5.95. The lowest BCUT2D eigenvalue weighted by Gasteiger charge is -2.11. The SMILES string of the molecule is CC(N)c1ccccc1.Cc1ccc(C(=O)NC2CC2)cc1-n1ncc(C(=O)O)c1N. The van der Waals surface area contributed by atoms with E-state index < -0.39 is 5.97 Å². The van der Waals surface area contributed by atoms with Crippen LogP contribution in [0.1, 0.15) is 57.7 Å². The van der Waals surface area contributed by atoms with Gasteiger partial charge in [0.2, 0.25) is 0 Å². The van der Waals surface area contributed by atoms with Gasteiger partial charge in [0.15, 0.2) is 0 Å². The summed E-state index contributed by atoms with van der Waals surface area (Å²) in [6.07, 6.45) is 3.23. The summed E-state index contributed by atoms with van der Waals surface area (Å²) in [4.78, 5) is 23.2. The van der Waals surface area contributed by atoms with Crippen LogP contribution in [0.2, 0.25) is 0 Å². The van der Waals surface area contributed by atoms with Gasteiger partial charge in [0.25, 0.3) is 5.91 Å². The summed E-state index contributed by atoms with van der Waals surface area (Å²) in [5, 5.41) is 16.0. The molecule has 1 aromatic heterocycles. The minimum absolute atomic E-state index is 0.0374. The molecule has 31 heavy (non-hydrogen) atoms. The number of carbonyl (C=O) groups is 2. The molecule has 1 amide bonds. The number of carboxylic acid groups (broad SMARTS) is 1. The number of carbonyl (C=O) groups excluding carboxylic acids is 1. The van der Waals surface area contributed by atoms with Gasteiger partial charge in [0.05, 0.1) is 11.9 Å². The van der Waals surface area contributed by atoms with Gasteiger partial charge >= 0.3 is 5.97 Å². The Kier molecular flexibility index (Phi) is 6.71. The molecule has 0 radical (unpaired) electrons. The lowest BCUT2D eigenvalue weighted by molar-refractivity contribution is 0.0697. The van der Waals surface area contributed by atoms with Crippen molar-refractivity contribution in [3.8, 4) is 5.69 Å². The first kappa shape index (κ1) is 22.0. The number of rotatable bonds is 5. The van der Waals surface area contributed by atoms with Crippen LogP contribution in [0.15, 0.2) is 54.7 Å². The number of amides is 1. The number of hydrogen-bond donors (Lipinski definition) is 4. The quantitative estimate of drug-likeness (QED) is 0.500. The molecular weight excluding hydrogens is 394 g/mol. The Morgan fingerprint density at radius 3 is 2.39 bits per heavy atom. The summed E-state index contributed by atoms with van der Waals surface area (Å²) in [5.74, 6) is -1.24. The number of nitrogens with zero attached hydrogens (tertiary/aromatic N) is 2. The molecule has 0 spiro atoms. The van der Waals surface area contributed by atoms with Gasteiger partial charge in [-0.2, -0.15) is 5.10 Å². The van der Waals surface area contributed by atoms with Gasteiger partial charge in [-0.25, -0.2) is 9.48 Å². The third-order valence-electron chi connectivity index (χ3n) is 4.97. The maximum Gasteiger partial charge on any atom is 0.341 e. The van der Waals surface area contributed by atoms with E-state index in [9.17, 15) is 9.59 Å². The zero-order valence-electron chi connectivity index (χ0n) is 17.6. The molecule has 2 aromatic carbocycles. The highest BCUT2D eigenvalue weighted by Crippen LogP contribution is 2.23. The number of aryl methyl sites for hydroxylation is 1. The summed E-state index contributed by atoms with van der Waals surface area (Å²) >= 11 is 0. The number of carboxylic acids is 1. The first-order valence-electron chi connectivity index (χ1n) is 10.1. The Hall–Kier alpha value is -3.65. The fourth-order valence-electron chi connectivity index (χ4n) is 2.95. The third-order valence-corrected chi connectivity index (χ3v) is 4.97. The highest BCUT2D eigenvalue weighted by atomic mass is 16.4. The van der Waals surface area contributed by atoms with Gasteiger partial charge < -0.3 is 21.9 Å². The second-order valence-corrected chi connectivity index (χ2v) is 7.61. The molecule has 1 unspecified atom stereocenters. The van der Waals surface area contributed by atoms with Gasteiger partial charge in [-0.3, -0.25) is 4.79 Å². The van der Waals surface area contributed by atoms with E-state index in [0.717, 1.165) is 18.4 Å². The monoisotopic (exact) mass is 421 g/mol. The number of benzene rings is 2. The average molecular weight is 422 g/mol. The molecule has 0 aliphatic heterocycles. The molecule has 1 atom stereocenters. The molecule has 8 heteroatoms. The van der Waals surface area contributed by atoms with E-state index in [1.54, 1.807) is 18.2 Å². The Bertz CT molecular complexity index is 1070. The number of hydrogen-bond acceptors (Lipinski definition) is 5. The highest BCUT2D eigenvalue weighted by Gasteiger charge is 2.24. The summed E-state index contributed by atoms with van der Waals surface area (Å²) in [7, 11) is 0. The summed E-state index contributed by atoms with van der Waals surface area (Å²) in [6.45, 7) is 3.83. The molecule has 1 aliphatic carbocycles. The van der Waals surface area contributed by atoms with Crippen LogP contribution in [0.5, 0.6) is 0 Å². The smallest absolute Gasteiger partial charge is 0.341 e. The second kappa shape index (κ2) is 9.44. The van der Waals surface area contributed by atoms with E-state index in [2.05, 4.69) is 10.4 Å². The van der Waals surface area contributed by atoms with Crippen LogP contribution < -0.4 is 16.8 Å². The molecule has 162 valence electrons. The van der Waals surface area contributed by atoms with Crippen molar-refractivity contribution in [3.05, 3.63) is 77.0 Å². The molecule has 1 saturated carbocycles. The minimum atomic E-state index is -1.14. The Balaban J connectivity index is 0.000000254. The van der Waals surface area contributed by atoms with Gasteiger partial charge in [-0.15, -0.1) is 0 Å². The maximum atomic E-state index is 12.1. The molecule has 8 nitrogen and oxygen atoms in total. The topological polar surface area (TPSA) is 136 Å². The maximum absolute atomic E-state index is 12.1. The lowest BCUT2D eigenvalue weighted by atomic mass is 10.1. The van der Waals surface area contributed by atoms with Crippen molar-refractivity contribution in [2.75, 3.05) is 5.73 Å². The first-order valence-corrected chi connectivity index (χ1v) is 10.1. The Labute approximate surface area is 180 Å². The van der Waals surface area contributed by atoms with Crippen LogP contribution in [0.25, 0.3) is 5.69 Å². The van der Waals surface area contributed by atoms with Crippen LogP contribution in [0.3, 0.4) is 0 Å². The average Bonchev–Trinajstić information content (AvgIpc) is 3.48. The number of anilines is 1. The molecule has 0 bridgehead atoms. The summed E-state index contributed by atoms with van der Waals surface area (Å²) in [6, 6.07) is 15.7. The van der Waals surface area contributed by atoms with Gasteiger partial charge in [0.1, 0.15) is 11.4 Å². The number of aromatic carboxylic acids is 1. The van der Waals surface area contributed by atoms with Crippen molar-refractivity contribution in [1.82, 2.24) is 15.1 Å². The number of aromatic nitrogens is 2. The van der Waals surface area contributed by atoms with Gasteiger partial charge in [-0.1, -0.05) is 36.4 Å². The van der Waals surface area contributed by atoms with E-state index in [1.807, 2.05) is 44.2 Å². The Morgan fingerprint density at radius 1 is 1.19 bits per heavy atom. The van der Waals surface area contributed by atoms with Crippen molar-refractivity contribution in [2.45, 2.75) is 38.8 Å². The standard InChI is InChI=1S/C15H16N4O3.C8H11N/c1-8-2-3-9(14(20)18-10-4-5-10)6-12(8)19-13(16)11(7-17-19)15(21)22;1-7(9)8-5-3-2-4-6-8/h2-3,6-7,10H,4-5,16H2,1H3,(H,18,20)(H,21,22);2-7H,9H2,1H3. The molecule has 1 fully saturated rings. The first-order chi connectivity index (χ1) is 14.8. The molecule has 1 aliphatic rings. The molecule has 6 N–H and O–H groups in total. The van der Waals surface area contributed by atoms with Gasteiger partial charge in [-0.05, 0) is 49.9 Å². The second-order valence-electron chi connectivity index (χ2n) is 7.61. The van der Waals surface area contributed by atoms with Crippen LogP contribution in [0, 0.1) is 6.92 Å². The molecular formula is C23H27N5O3. The van der Waals surface area contributed by atoms with E-state index in [-0.39, 0.29) is 29.4 Å². The van der Waals surface area contributed by atoms with Gasteiger partial charge in [0, 0.05) is 17.6 Å². The predicted molar refractivity (Wildman–Crippen MR) is 119 cm³/mol. The number of nitrogens with one attached hydrogen (secondary N) is 1. The van der Waals surface area contributed by atoms with Crippen LogP contribution in [0.4, 0.5) is 5.82 Å². The van der Waals surface area contributed by atoms with Crippen molar-refractivity contribution in [2.24, 2.45) is 5.73 Å². The lowest BCUT2D eigenvalue weighted by Crippen LogP contribution is -2.25. The molecule has 0 saturated heterocycles. The fourth-order valence-corrected chi connectivity index (χ4v) is 2.95. The zero-order valence-corrected chi connectivity index (χ0v) is 17.6. The minimum Gasteiger partial charge on any atom is -0.477 e. The van der Waals surface area contributed by atoms with Crippen molar-refractivity contribution < 1.29 is 14.7 Å². The van der Waals surface area contributed by atoms with E-state index in [0.29, 0.717) is 11.3 Å². The number of nitrogen functional groups attached to an aromatic ring is 1. The largest absolute Gasteiger partial charge is 0.477 e. The molecule has 3 aromatic rings. The van der Waals surface area contributed by atoms with Crippen LogP contribution in [-0.2, 0) is 0 Å².